The Morgan fingerprint density at radius 1 is 1.28 bits per heavy atom. The van der Waals surface area contributed by atoms with E-state index in [0.29, 0.717) is 12.0 Å². The van der Waals surface area contributed by atoms with E-state index in [1.54, 1.807) is 19.1 Å². The average Bonchev–Trinajstić information content (AvgIpc) is 2.26. The monoisotopic (exact) mass is 282 g/mol. The maximum atomic E-state index is 12.2. The van der Waals surface area contributed by atoms with Crippen molar-refractivity contribution in [3.8, 4) is 5.75 Å². The van der Waals surface area contributed by atoms with Crippen molar-refractivity contribution in [2.75, 3.05) is 0 Å². The van der Waals surface area contributed by atoms with Gasteiger partial charge in [-0.3, -0.25) is 0 Å². The second kappa shape index (κ2) is 5.17. The fourth-order valence-corrected chi connectivity index (χ4v) is 1.83. The van der Waals surface area contributed by atoms with Crippen molar-refractivity contribution in [1.29, 1.82) is 0 Å². The largest absolute Gasteiger partial charge is 0.534 e. The van der Waals surface area contributed by atoms with E-state index in [0.717, 1.165) is 0 Å². The molecular formula is C11H13F3O3S. The van der Waals surface area contributed by atoms with Crippen molar-refractivity contribution >= 4 is 10.1 Å². The summed E-state index contributed by atoms with van der Waals surface area (Å²) in [7, 11) is -5.62. The minimum absolute atomic E-state index is 0.0929. The smallest absolute Gasteiger partial charge is 0.376 e. The molecule has 0 aliphatic heterocycles. The standard InChI is InChI=1S/C11H13F3O3S/c1-3-8(2)9-6-4-5-7-10(9)17-18(15,16)11(12,13)14/h4-8H,3H2,1-2H3. The summed E-state index contributed by atoms with van der Waals surface area (Å²) in [6, 6.07) is 5.81. The molecule has 1 unspecified atom stereocenters. The van der Waals surface area contributed by atoms with E-state index >= 15 is 0 Å². The fraction of sp³-hybridized carbons (Fsp3) is 0.455. The predicted molar refractivity (Wildman–Crippen MR) is 60.8 cm³/mol. The van der Waals surface area contributed by atoms with Crippen LogP contribution in [0.5, 0.6) is 5.75 Å². The van der Waals surface area contributed by atoms with Gasteiger partial charge in [0.15, 0.2) is 0 Å². The van der Waals surface area contributed by atoms with E-state index in [2.05, 4.69) is 4.18 Å². The molecule has 0 radical (unpaired) electrons. The molecule has 0 N–H and O–H groups in total. The Hall–Kier alpha value is -1.24. The van der Waals surface area contributed by atoms with Gasteiger partial charge < -0.3 is 4.18 Å². The lowest BCUT2D eigenvalue weighted by Gasteiger charge is -2.16. The van der Waals surface area contributed by atoms with E-state index in [4.69, 9.17) is 0 Å². The van der Waals surface area contributed by atoms with Gasteiger partial charge in [0.2, 0.25) is 0 Å². The summed E-state index contributed by atoms with van der Waals surface area (Å²) in [6.07, 6.45) is 0.659. The normalized spacial score (nSPS) is 14.3. The topological polar surface area (TPSA) is 43.4 Å². The van der Waals surface area contributed by atoms with Crippen LogP contribution in [0.1, 0.15) is 31.7 Å². The molecule has 1 aromatic rings. The lowest BCUT2D eigenvalue weighted by Crippen LogP contribution is -2.28. The Morgan fingerprint density at radius 3 is 2.33 bits per heavy atom. The number of halogens is 3. The zero-order chi connectivity index (χ0) is 14.0. The van der Waals surface area contributed by atoms with Gasteiger partial charge in [-0.1, -0.05) is 32.0 Å². The molecule has 0 heterocycles. The van der Waals surface area contributed by atoms with Crippen LogP contribution in [-0.2, 0) is 10.1 Å². The van der Waals surface area contributed by atoms with Crippen molar-refractivity contribution in [2.24, 2.45) is 0 Å². The Bertz CT molecular complexity index is 509. The maximum absolute atomic E-state index is 12.2. The third-order valence-corrected chi connectivity index (χ3v) is 3.51. The molecule has 1 aromatic carbocycles. The summed E-state index contributed by atoms with van der Waals surface area (Å²) < 4.78 is 62.7. The second-order valence-electron chi connectivity index (χ2n) is 3.83. The summed E-state index contributed by atoms with van der Waals surface area (Å²) in [5, 5.41) is 0. The zero-order valence-corrected chi connectivity index (χ0v) is 10.7. The molecule has 7 heteroatoms. The van der Waals surface area contributed by atoms with Crippen LogP contribution in [-0.4, -0.2) is 13.9 Å². The molecule has 1 rings (SSSR count). The van der Waals surface area contributed by atoms with Gasteiger partial charge in [0, 0.05) is 0 Å². The van der Waals surface area contributed by atoms with E-state index < -0.39 is 15.6 Å². The van der Waals surface area contributed by atoms with Gasteiger partial charge in [-0.05, 0) is 24.0 Å². The van der Waals surface area contributed by atoms with E-state index in [9.17, 15) is 21.6 Å². The average molecular weight is 282 g/mol. The Balaban J connectivity index is 3.13. The molecule has 3 nitrogen and oxygen atoms in total. The van der Waals surface area contributed by atoms with Crippen LogP contribution in [0.4, 0.5) is 13.2 Å². The summed E-state index contributed by atoms with van der Waals surface area (Å²) in [4.78, 5) is 0. The molecule has 0 fully saturated rings. The van der Waals surface area contributed by atoms with Crippen LogP contribution in [0.25, 0.3) is 0 Å². The second-order valence-corrected chi connectivity index (χ2v) is 5.37. The van der Waals surface area contributed by atoms with Crippen LogP contribution in [0.15, 0.2) is 24.3 Å². The molecule has 0 amide bonds. The molecule has 0 saturated carbocycles. The molecule has 0 saturated heterocycles. The van der Waals surface area contributed by atoms with Crippen molar-refractivity contribution in [2.45, 2.75) is 31.7 Å². The highest BCUT2D eigenvalue weighted by Crippen LogP contribution is 2.33. The summed E-state index contributed by atoms with van der Waals surface area (Å²) >= 11 is 0. The lowest BCUT2D eigenvalue weighted by molar-refractivity contribution is -0.0500. The van der Waals surface area contributed by atoms with Crippen LogP contribution in [0.2, 0.25) is 0 Å². The molecule has 0 aromatic heterocycles. The summed E-state index contributed by atoms with van der Waals surface area (Å²) in [5.41, 5.74) is -4.98. The van der Waals surface area contributed by atoms with E-state index in [-0.39, 0.29) is 11.7 Å². The molecular weight excluding hydrogens is 269 g/mol. The highest BCUT2D eigenvalue weighted by molar-refractivity contribution is 7.88. The van der Waals surface area contributed by atoms with Crippen molar-refractivity contribution in [3.05, 3.63) is 29.8 Å². The van der Waals surface area contributed by atoms with Gasteiger partial charge in [-0.25, -0.2) is 0 Å². The Labute approximate surface area is 104 Å². The minimum Gasteiger partial charge on any atom is -0.376 e. The number of para-hydroxylation sites is 1. The molecule has 18 heavy (non-hydrogen) atoms. The number of alkyl halides is 3. The van der Waals surface area contributed by atoms with Gasteiger partial charge in [0.25, 0.3) is 0 Å². The number of benzene rings is 1. The molecule has 0 bridgehead atoms. The highest BCUT2D eigenvalue weighted by Gasteiger charge is 2.48. The third-order valence-electron chi connectivity index (χ3n) is 2.55. The van der Waals surface area contributed by atoms with Gasteiger partial charge in [0.1, 0.15) is 5.75 Å². The van der Waals surface area contributed by atoms with Crippen molar-refractivity contribution < 1.29 is 25.8 Å². The van der Waals surface area contributed by atoms with E-state index in [1.165, 1.54) is 12.1 Å². The third kappa shape index (κ3) is 3.16. The number of hydrogen-bond donors (Lipinski definition) is 0. The summed E-state index contributed by atoms with van der Waals surface area (Å²) in [6.45, 7) is 3.63. The number of rotatable bonds is 4. The Morgan fingerprint density at radius 2 is 1.83 bits per heavy atom. The Kier molecular flexibility index (Phi) is 4.26. The zero-order valence-electron chi connectivity index (χ0n) is 9.86. The SMILES string of the molecule is CCC(C)c1ccccc1OS(=O)(=O)C(F)(F)F. The molecule has 102 valence electrons. The lowest BCUT2D eigenvalue weighted by atomic mass is 9.98. The summed E-state index contributed by atoms with van der Waals surface area (Å²) in [5.74, 6) is -0.367. The first kappa shape index (κ1) is 14.8. The first-order valence-electron chi connectivity index (χ1n) is 5.28. The van der Waals surface area contributed by atoms with Crippen molar-refractivity contribution in [3.63, 3.8) is 0 Å². The van der Waals surface area contributed by atoms with Crippen molar-refractivity contribution in [1.82, 2.24) is 0 Å². The first-order chi connectivity index (χ1) is 8.19. The quantitative estimate of drug-likeness (QED) is 0.627. The van der Waals surface area contributed by atoms with Crippen LogP contribution >= 0.6 is 0 Å². The molecule has 0 aliphatic carbocycles. The molecule has 0 aliphatic rings. The number of hydrogen-bond acceptors (Lipinski definition) is 3. The molecule has 1 atom stereocenters. The van der Waals surface area contributed by atoms with Crippen LogP contribution in [0.3, 0.4) is 0 Å². The highest BCUT2D eigenvalue weighted by atomic mass is 32.2. The van der Waals surface area contributed by atoms with Gasteiger partial charge >= 0.3 is 15.6 Å². The van der Waals surface area contributed by atoms with Gasteiger partial charge in [-0.15, -0.1) is 0 Å². The van der Waals surface area contributed by atoms with Crippen LogP contribution in [0, 0.1) is 0 Å². The fourth-order valence-electron chi connectivity index (χ4n) is 1.35. The van der Waals surface area contributed by atoms with Gasteiger partial charge in [-0.2, -0.15) is 21.6 Å². The molecule has 0 spiro atoms. The minimum atomic E-state index is -5.62. The van der Waals surface area contributed by atoms with E-state index in [1.807, 2.05) is 6.92 Å². The first-order valence-corrected chi connectivity index (χ1v) is 6.69. The maximum Gasteiger partial charge on any atom is 0.534 e. The van der Waals surface area contributed by atoms with Crippen LogP contribution < -0.4 is 4.18 Å². The van der Waals surface area contributed by atoms with Gasteiger partial charge in [0.05, 0.1) is 0 Å². The predicted octanol–water partition coefficient (Wildman–Crippen LogP) is 3.43.